The predicted molar refractivity (Wildman–Crippen MR) is 197 cm³/mol. The number of aromatic nitrogens is 2. The van der Waals surface area contributed by atoms with Crippen LogP contribution in [0.15, 0.2) is 79.1 Å². The molecule has 1 aliphatic rings. The summed E-state index contributed by atoms with van der Waals surface area (Å²) in [4.78, 5) is 35.6. The summed E-state index contributed by atoms with van der Waals surface area (Å²) < 4.78 is 11.6. The number of esters is 1. The van der Waals surface area contributed by atoms with Crippen LogP contribution in [-0.2, 0) is 6.42 Å². The minimum atomic E-state index is -0.479. The lowest BCUT2D eigenvalue weighted by atomic mass is 9.81. The van der Waals surface area contributed by atoms with E-state index in [9.17, 15) is 9.59 Å². The maximum absolute atomic E-state index is 13.4. The molecule has 0 amide bonds. The van der Waals surface area contributed by atoms with Crippen LogP contribution in [0.3, 0.4) is 0 Å². The number of ketones is 1. The second-order valence-electron chi connectivity index (χ2n) is 13.8. The Hall–Kier alpha value is -4.32. The monoisotopic (exact) mass is 660 g/mol. The van der Waals surface area contributed by atoms with Crippen molar-refractivity contribution in [3.8, 4) is 34.0 Å². The number of hydrogen-bond acceptors (Lipinski definition) is 6. The zero-order chi connectivity index (χ0) is 34.5. The van der Waals surface area contributed by atoms with Crippen LogP contribution in [-0.4, -0.2) is 28.3 Å². The molecule has 1 unspecified atom stereocenters. The van der Waals surface area contributed by atoms with E-state index in [1.54, 1.807) is 24.3 Å². The number of Topliss-reactive ketones (excluding diaryl/α,β-unsaturated/α-hetero) is 1. The number of rotatable bonds is 19. The number of fused-ring (bicyclic) bond motifs is 1. The number of unbranched alkanes of at least 4 members (excludes halogenated alkanes) is 10. The van der Waals surface area contributed by atoms with E-state index in [1.807, 2.05) is 54.9 Å². The van der Waals surface area contributed by atoms with Gasteiger partial charge in [0.25, 0.3) is 0 Å². The van der Waals surface area contributed by atoms with E-state index in [-0.39, 0.29) is 5.78 Å². The first-order chi connectivity index (χ1) is 23.9. The average Bonchev–Trinajstić information content (AvgIpc) is 3.38. The number of nitrogens with zero attached hydrogens (tertiary/aromatic N) is 2. The van der Waals surface area contributed by atoms with Gasteiger partial charge in [-0.25, -0.2) is 14.8 Å². The van der Waals surface area contributed by atoms with Gasteiger partial charge in [0, 0.05) is 34.5 Å². The first-order valence-corrected chi connectivity index (χ1v) is 18.5. The lowest BCUT2D eigenvalue weighted by Crippen LogP contribution is -2.24. The highest BCUT2D eigenvalue weighted by atomic mass is 16.5. The number of hydrogen-bond donors (Lipinski definition) is 0. The fraction of sp³-hybridized carbons (Fsp3) is 0.442. The van der Waals surface area contributed by atoms with Gasteiger partial charge >= 0.3 is 5.97 Å². The van der Waals surface area contributed by atoms with Crippen LogP contribution < -0.4 is 9.47 Å². The van der Waals surface area contributed by atoms with Gasteiger partial charge in [-0.15, -0.1) is 0 Å². The standard InChI is InChI=1S/C43H52N2O4/c1-4-6-8-10-12-14-26-43(3)29-35-17-16-34(28-39(35)40(43)46)42(47)49-38-24-20-33(21-25-38)41-44-30-36(31-45-41)32-18-22-37(23-19-32)48-27-15-13-11-9-7-5-2/h16-25,28,30-31H,4-15,26-27,29H2,1-3H3. The van der Waals surface area contributed by atoms with Crippen molar-refractivity contribution in [1.82, 2.24) is 9.97 Å². The van der Waals surface area contributed by atoms with Crippen LogP contribution in [0.25, 0.3) is 22.5 Å². The Bertz CT molecular complexity index is 1650. The maximum atomic E-state index is 13.4. The molecule has 1 atom stereocenters. The van der Waals surface area contributed by atoms with Crippen molar-refractivity contribution in [2.45, 2.75) is 111 Å². The molecule has 3 aromatic carbocycles. The fourth-order valence-electron chi connectivity index (χ4n) is 6.67. The van der Waals surface area contributed by atoms with Crippen LogP contribution in [0, 0.1) is 5.41 Å². The first-order valence-electron chi connectivity index (χ1n) is 18.5. The van der Waals surface area contributed by atoms with Gasteiger partial charge in [-0.05, 0) is 78.9 Å². The smallest absolute Gasteiger partial charge is 0.343 e. The minimum absolute atomic E-state index is 0.144. The lowest BCUT2D eigenvalue weighted by Gasteiger charge is -2.21. The number of benzene rings is 3. The molecule has 0 radical (unpaired) electrons. The zero-order valence-electron chi connectivity index (χ0n) is 29.6. The molecular weight excluding hydrogens is 608 g/mol. The number of carbonyl (C=O) groups is 2. The summed E-state index contributed by atoms with van der Waals surface area (Å²) in [5, 5.41) is 0. The summed E-state index contributed by atoms with van der Waals surface area (Å²) in [5.41, 5.74) is 4.44. The summed E-state index contributed by atoms with van der Waals surface area (Å²) in [6, 6.07) is 20.6. The Morgan fingerprint density at radius 1 is 0.694 bits per heavy atom. The predicted octanol–water partition coefficient (Wildman–Crippen LogP) is 11.3. The zero-order valence-corrected chi connectivity index (χ0v) is 29.6. The molecule has 6 nitrogen and oxygen atoms in total. The molecule has 0 saturated carbocycles. The molecule has 0 N–H and O–H groups in total. The second kappa shape index (κ2) is 17.9. The van der Waals surface area contributed by atoms with E-state index in [2.05, 4.69) is 30.7 Å². The third kappa shape index (κ3) is 9.87. The summed E-state index contributed by atoms with van der Waals surface area (Å²) in [7, 11) is 0. The van der Waals surface area contributed by atoms with Crippen molar-refractivity contribution >= 4 is 11.8 Å². The molecule has 1 heterocycles. The minimum Gasteiger partial charge on any atom is -0.494 e. The van der Waals surface area contributed by atoms with Gasteiger partial charge in [0.2, 0.25) is 0 Å². The van der Waals surface area contributed by atoms with Crippen molar-refractivity contribution in [2.24, 2.45) is 5.41 Å². The fourth-order valence-corrected chi connectivity index (χ4v) is 6.67. The van der Waals surface area contributed by atoms with Crippen LogP contribution in [0.5, 0.6) is 11.5 Å². The Labute approximate surface area is 292 Å². The molecular formula is C43H52N2O4. The van der Waals surface area contributed by atoms with Crippen molar-refractivity contribution in [1.29, 1.82) is 0 Å². The third-order valence-electron chi connectivity index (χ3n) is 9.73. The van der Waals surface area contributed by atoms with E-state index in [0.29, 0.717) is 22.7 Å². The quantitative estimate of drug-likeness (QED) is 0.0566. The van der Waals surface area contributed by atoms with E-state index < -0.39 is 11.4 Å². The van der Waals surface area contributed by atoms with Gasteiger partial charge < -0.3 is 9.47 Å². The topological polar surface area (TPSA) is 78.4 Å². The maximum Gasteiger partial charge on any atom is 0.343 e. The SMILES string of the molecule is CCCCCCCCOc1ccc(-c2cnc(-c3ccc(OC(=O)c4ccc5c(c4)C(=O)C(C)(CCCCCCCC)C5)cc3)nc2)cc1. The molecule has 1 aliphatic carbocycles. The molecule has 5 rings (SSSR count). The number of carbonyl (C=O) groups excluding carboxylic acids is 2. The third-order valence-corrected chi connectivity index (χ3v) is 9.73. The Morgan fingerprint density at radius 3 is 1.96 bits per heavy atom. The Balaban J connectivity index is 1.11. The van der Waals surface area contributed by atoms with Crippen LogP contribution in [0.1, 0.15) is 131 Å². The van der Waals surface area contributed by atoms with Gasteiger partial charge in [0.15, 0.2) is 11.6 Å². The second-order valence-corrected chi connectivity index (χ2v) is 13.8. The first kappa shape index (κ1) is 36.0. The lowest BCUT2D eigenvalue weighted by molar-refractivity contribution is 0.0734. The normalized spacial score (nSPS) is 15.3. The van der Waals surface area contributed by atoms with E-state index in [1.165, 1.54) is 57.8 Å². The van der Waals surface area contributed by atoms with Gasteiger partial charge in [0.05, 0.1) is 12.2 Å². The Kier molecular flexibility index (Phi) is 13.1. The molecule has 258 valence electrons. The highest BCUT2D eigenvalue weighted by Gasteiger charge is 2.41. The van der Waals surface area contributed by atoms with Crippen molar-refractivity contribution in [3.05, 3.63) is 95.8 Å². The van der Waals surface area contributed by atoms with Crippen LogP contribution in [0.4, 0.5) is 0 Å². The largest absolute Gasteiger partial charge is 0.494 e. The van der Waals surface area contributed by atoms with Gasteiger partial charge in [-0.3, -0.25) is 4.79 Å². The highest BCUT2D eigenvalue weighted by Crippen LogP contribution is 2.41. The summed E-state index contributed by atoms with van der Waals surface area (Å²) in [6.07, 6.45) is 20.0. The van der Waals surface area contributed by atoms with Gasteiger partial charge in [-0.2, -0.15) is 0 Å². The molecule has 0 bridgehead atoms. The molecule has 0 aliphatic heterocycles. The molecule has 6 heteroatoms. The van der Waals surface area contributed by atoms with Gasteiger partial charge in [-0.1, -0.05) is 110 Å². The molecule has 49 heavy (non-hydrogen) atoms. The highest BCUT2D eigenvalue weighted by molar-refractivity contribution is 6.06. The molecule has 0 fully saturated rings. The average molecular weight is 661 g/mol. The van der Waals surface area contributed by atoms with Crippen LogP contribution >= 0.6 is 0 Å². The summed E-state index contributed by atoms with van der Waals surface area (Å²) >= 11 is 0. The Morgan fingerprint density at radius 2 is 1.29 bits per heavy atom. The van der Waals surface area contributed by atoms with Crippen molar-refractivity contribution < 1.29 is 19.1 Å². The van der Waals surface area contributed by atoms with E-state index in [4.69, 9.17) is 9.47 Å². The summed E-state index contributed by atoms with van der Waals surface area (Å²) in [6.45, 7) is 7.28. The molecule has 1 aromatic heterocycles. The van der Waals surface area contributed by atoms with Gasteiger partial charge in [0.1, 0.15) is 11.5 Å². The summed E-state index contributed by atoms with van der Waals surface area (Å²) in [5.74, 6) is 1.55. The van der Waals surface area contributed by atoms with Crippen LogP contribution in [0.2, 0.25) is 0 Å². The van der Waals surface area contributed by atoms with E-state index >= 15 is 0 Å². The van der Waals surface area contributed by atoms with Crippen molar-refractivity contribution in [3.63, 3.8) is 0 Å². The molecule has 4 aromatic rings. The molecule has 0 spiro atoms. The molecule has 0 saturated heterocycles. The van der Waals surface area contributed by atoms with E-state index in [0.717, 1.165) is 66.7 Å². The van der Waals surface area contributed by atoms with Crippen molar-refractivity contribution in [2.75, 3.05) is 6.61 Å². The number of ether oxygens (including phenoxy) is 2.